The molecule has 33 heavy (non-hydrogen) atoms. The molecule has 2 heterocycles. The van der Waals surface area contributed by atoms with E-state index in [1.807, 2.05) is 80.6 Å². The number of carbonyl (C=O) groups excluding carboxylic acids is 1. The minimum Gasteiger partial charge on any atom is -0.438 e. The number of aryl methyl sites for hydroxylation is 2. The van der Waals surface area contributed by atoms with Gasteiger partial charge in [-0.15, -0.1) is 0 Å². The van der Waals surface area contributed by atoms with Crippen molar-refractivity contribution in [3.63, 3.8) is 0 Å². The first-order valence-electron chi connectivity index (χ1n) is 10.8. The molecule has 0 atom stereocenters. The fraction of sp³-hybridized carbons (Fsp3) is 0.148. The lowest BCUT2D eigenvalue weighted by atomic mass is 10.0. The molecule has 3 aromatic carbocycles. The number of amides is 1. The Morgan fingerprint density at radius 3 is 2.55 bits per heavy atom. The number of para-hydroxylation sites is 2. The summed E-state index contributed by atoms with van der Waals surface area (Å²) in [6.45, 7) is 4.09. The van der Waals surface area contributed by atoms with Crippen LogP contribution in [-0.2, 0) is 11.2 Å². The van der Waals surface area contributed by atoms with E-state index in [4.69, 9.17) is 14.7 Å². The molecule has 1 aromatic heterocycles. The van der Waals surface area contributed by atoms with Crippen molar-refractivity contribution in [2.75, 3.05) is 11.1 Å². The standard InChI is InChI=1S/C27H23N3O2S/c1-17-11-13-19(14-12-17)25-29-26-22(15-20-8-6-7-18(2)24(20)32-26)27(30-25)33-16-23(31)28-21-9-4-3-5-10-21/h3-14H,15-16H2,1-2H3,(H,28,31). The summed E-state index contributed by atoms with van der Waals surface area (Å²) in [4.78, 5) is 22.2. The molecule has 0 fully saturated rings. The summed E-state index contributed by atoms with van der Waals surface area (Å²) < 4.78 is 6.27. The van der Waals surface area contributed by atoms with Crippen molar-refractivity contribution in [1.29, 1.82) is 0 Å². The number of anilines is 1. The van der Waals surface area contributed by atoms with Crippen LogP contribution in [0, 0.1) is 13.8 Å². The molecule has 0 bridgehead atoms. The quantitative estimate of drug-likeness (QED) is 0.254. The van der Waals surface area contributed by atoms with Crippen LogP contribution in [0.1, 0.15) is 22.3 Å². The van der Waals surface area contributed by atoms with Crippen LogP contribution in [0.15, 0.2) is 77.8 Å². The van der Waals surface area contributed by atoms with Crippen molar-refractivity contribution in [3.05, 3.63) is 95.1 Å². The molecule has 6 heteroatoms. The third-order valence-electron chi connectivity index (χ3n) is 5.50. The van der Waals surface area contributed by atoms with Gasteiger partial charge in [0, 0.05) is 17.7 Å². The van der Waals surface area contributed by atoms with Crippen molar-refractivity contribution < 1.29 is 9.53 Å². The third-order valence-corrected chi connectivity index (χ3v) is 6.52. The van der Waals surface area contributed by atoms with Crippen LogP contribution in [0.5, 0.6) is 11.6 Å². The van der Waals surface area contributed by atoms with E-state index in [0.717, 1.165) is 38.7 Å². The maximum absolute atomic E-state index is 12.6. The Hall–Kier alpha value is -3.64. The molecule has 0 spiro atoms. The van der Waals surface area contributed by atoms with Crippen molar-refractivity contribution in [3.8, 4) is 23.0 Å². The summed E-state index contributed by atoms with van der Waals surface area (Å²) in [6, 6.07) is 23.7. The zero-order valence-corrected chi connectivity index (χ0v) is 19.3. The molecule has 1 aliphatic heterocycles. The summed E-state index contributed by atoms with van der Waals surface area (Å²) in [7, 11) is 0. The number of thioether (sulfide) groups is 1. The van der Waals surface area contributed by atoms with Gasteiger partial charge in [-0.2, -0.15) is 4.98 Å². The van der Waals surface area contributed by atoms with E-state index in [9.17, 15) is 4.79 Å². The maximum atomic E-state index is 12.6. The Bertz CT molecular complexity index is 1320. The van der Waals surface area contributed by atoms with Gasteiger partial charge in [-0.25, -0.2) is 4.98 Å². The largest absolute Gasteiger partial charge is 0.438 e. The maximum Gasteiger partial charge on any atom is 0.234 e. The number of aromatic nitrogens is 2. The average molecular weight is 454 g/mol. The number of hydrogen-bond acceptors (Lipinski definition) is 5. The number of nitrogens with zero attached hydrogens (tertiary/aromatic N) is 2. The molecule has 0 radical (unpaired) electrons. The molecule has 0 saturated carbocycles. The number of nitrogens with one attached hydrogen (secondary N) is 1. The lowest BCUT2D eigenvalue weighted by Gasteiger charge is -2.23. The summed E-state index contributed by atoms with van der Waals surface area (Å²) in [5, 5.41) is 3.70. The van der Waals surface area contributed by atoms with E-state index < -0.39 is 0 Å². The predicted molar refractivity (Wildman–Crippen MR) is 132 cm³/mol. The summed E-state index contributed by atoms with van der Waals surface area (Å²) >= 11 is 1.41. The molecule has 5 nitrogen and oxygen atoms in total. The number of hydrogen-bond donors (Lipinski definition) is 1. The number of rotatable bonds is 5. The van der Waals surface area contributed by atoms with Gasteiger partial charge in [-0.05, 0) is 37.1 Å². The molecular weight excluding hydrogens is 430 g/mol. The first-order valence-corrected chi connectivity index (χ1v) is 11.8. The van der Waals surface area contributed by atoms with Gasteiger partial charge in [0.2, 0.25) is 11.8 Å². The topological polar surface area (TPSA) is 64.1 Å². The molecule has 0 saturated heterocycles. The van der Waals surface area contributed by atoms with Crippen LogP contribution < -0.4 is 10.1 Å². The second kappa shape index (κ2) is 9.08. The molecule has 1 N–H and O–H groups in total. The van der Waals surface area contributed by atoms with Gasteiger partial charge >= 0.3 is 0 Å². The van der Waals surface area contributed by atoms with Gasteiger partial charge in [0.05, 0.1) is 11.3 Å². The van der Waals surface area contributed by atoms with Gasteiger partial charge in [-0.1, -0.05) is 78.0 Å². The van der Waals surface area contributed by atoms with Gasteiger partial charge in [0.1, 0.15) is 10.8 Å². The van der Waals surface area contributed by atoms with Crippen LogP contribution in [0.4, 0.5) is 5.69 Å². The first-order chi connectivity index (χ1) is 16.1. The summed E-state index contributed by atoms with van der Waals surface area (Å²) in [5.74, 6) is 2.18. The van der Waals surface area contributed by atoms with Crippen LogP contribution in [0.25, 0.3) is 11.4 Å². The average Bonchev–Trinajstić information content (AvgIpc) is 2.83. The molecule has 4 aromatic rings. The lowest BCUT2D eigenvalue weighted by molar-refractivity contribution is -0.113. The zero-order chi connectivity index (χ0) is 22.8. The third kappa shape index (κ3) is 4.61. The van der Waals surface area contributed by atoms with E-state index in [-0.39, 0.29) is 11.7 Å². The summed E-state index contributed by atoms with van der Waals surface area (Å²) in [6.07, 6.45) is 0.670. The second-order valence-corrected chi connectivity index (χ2v) is 9.01. The van der Waals surface area contributed by atoms with E-state index in [2.05, 4.69) is 11.4 Å². The highest BCUT2D eigenvalue weighted by Gasteiger charge is 2.25. The van der Waals surface area contributed by atoms with E-state index in [1.54, 1.807) is 0 Å². The summed E-state index contributed by atoms with van der Waals surface area (Å²) in [5.41, 5.74) is 5.96. The first kappa shape index (κ1) is 21.2. The Balaban J connectivity index is 1.47. The van der Waals surface area contributed by atoms with E-state index in [0.29, 0.717) is 18.1 Å². The monoisotopic (exact) mass is 453 g/mol. The van der Waals surface area contributed by atoms with Crippen molar-refractivity contribution in [2.24, 2.45) is 0 Å². The van der Waals surface area contributed by atoms with Crippen LogP contribution in [0.3, 0.4) is 0 Å². The van der Waals surface area contributed by atoms with Crippen LogP contribution in [-0.4, -0.2) is 21.6 Å². The van der Waals surface area contributed by atoms with Crippen molar-refractivity contribution in [1.82, 2.24) is 9.97 Å². The number of fused-ring (bicyclic) bond motifs is 2. The zero-order valence-electron chi connectivity index (χ0n) is 18.5. The van der Waals surface area contributed by atoms with Crippen molar-refractivity contribution >= 4 is 23.4 Å². The molecule has 164 valence electrons. The van der Waals surface area contributed by atoms with Gasteiger partial charge < -0.3 is 10.1 Å². The fourth-order valence-corrected chi connectivity index (χ4v) is 4.59. The van der Waals surface area contributed by atoms with Gasteiger partial charge in [0.15, 0.2) is 5.82 Å². The molecule has 5 rings (SSSR count). The number of benzene rings is 3. The SMILES string of the molecule is Cc1ccc(-c2nc3c(c(SCC(=O)Nc4ccccc4)n2)Cc2cccc(C)c2O3)cc1. The molecular formula is C27H23N3O2S. The van der Waals surface area contributed by atoms with Crippen LogP contribution in [0.2, 0.25) is 0 Å². The second-order valence-electron chi connectivity index (χ2n) is 8.05. The molecule has 1 amide bonds. The highest BCUT2D eigenvalue weighted by atomic mass is 32.2. The van der Waals surface area contributed by atoms with Gasteiger partial charge in [0.25, 0.3) is 0 Å². The number of carbonyl (C=O) groups is 1. The highest BCUT2D eigenvalue weighted by molar-refractivity contribution is 8.00. The Kier molecular flexibility index (Phi) is 5.84. The van der Waals surface area contributed by atoms with Crippen molar-refractivity contribution in [2.45, 2.75) is 25.3 Å². The van der Waals surface area contributed by atoms with Crippen LogP contribution >= 0.6 is 11.8 Å². The lowest BCUT2D eigenvalue weighted by Crippen LogP contribution is -2.15. The fourth-order valence-electron chi connectivity index (χ4n) is 3.77. The molecule has 0 aliphatic carbocycles. The Morgan fingerprint density at radius 2 is 1.76 bits per heavy atom. The minimum absolute atomic E-state index is 0.0802. The smallest absolute Gasteiger partial charge is 0.234 e. The predicted octanol–water partition coefficient (Wildman–Crippen LogP) is 6.19. The minimum atomic E-state index is -0.0802. The highest BCUT2D eigenvalue weighted by Crippen LogP contribution is 2.41. The van der Waals surface area contributed by atoms with E-state index in [1.165, 1.54) is 17.3 Å². The normalized spacial score (nSPS) is 11.8. The molecule has 0 unspecified atom stereocenters. The molecule has 1 aliphatic rings. The van der Waals surface area contributed by atoms with E-state index >= 15 is 0 Å². The van der Waals surface area contributed by atoms with Gasteiger partial charge in [-0.3, -0.25) is 4.79 Å². The number of ether oxygens (including phenoxy) is 1. The Morgan fingerprint density at radius 1 is 0.970 bits per heavy atom. The Labute approximate surface area is 197 Å².